The molecule has 4 rings (SSSR count). The number of aromatic nitrogens is 3. The Balaban J connectivity index is 1.51. The standard InChI is InChI=1S/C19H21N5O3/c1-12-16(17(23-27-12)13-5-3-2-4-6-13)19-22-21-15(26-19)11-24-9-7-14(8-10-24)18(20)25/h2-6,14H,7-11H2,1H3,(H2,20,25). The number of amides is 1. The lowest BCUT2D eigenvalue weighted by Crippen LogP contribution is -2.38. The van der Waals surface area contributed by atoms with Gasteiger partial charge >= 0.3 is 0 Å². The first-order valence-electron chi connectivity index (χ1n) is 8.98. The van der Waals surface area contributed by atoms with E-state index in [1.165, 1.54) is 0 Å². The average molecular weight is 367 g/mol. The number of primary amides is 1. The molecule has 2 aromatic heterocycles. The van der Waals surface area contributed by atoms with Crippen LogP contribution in [0.3, 0.4) is 0 Å². The number of benzene rings is 1. The third-order valence-electron chi connectivity index (χ3n) is 4.94. The zero-order chi connectivity index (χ0) is 18.8. The third-order valence-corrected chi connectivity index (χ3v) is 4.94. The van der Waals surface area contributed by atoms with Gasteiger partial charge in [-0.25, -0.2) is 0 Å². The number of aryl methyl sites for hydroxylation is 1. The molecular weight excluding hydrogens is 346 g/mol. The van der Waals surface area contributed by atoms with Crippen molar-refractivity contribution in [2.75, 3.05) is 13.1 Å². The Morgan fingerprint density at radius 3 is 2.67 bits per heavy atom. The van der Waals surface area contributed by atoms with Crippen LogP contribution < -0.4 is 5.73 Å². The van der Waals surface area contributed by atoms with Crippen LogP contribution in [0.4, 0.5) is 0 Å². The maximum Gasteiger partial charge on any atom is 0.253 e. The number of piperidine rings is 1. The minimum Gasteiger partial charge on any atom is -0.419 e. The highest BCUT2D eigenvalue weighted by molar-refractivity contribution is 5.77. The fourth-order valence-electron chi connectivity index (χ4n) is 3.40. The predicted molar refractivity (Wildman–Crippen MR) is 97.2 cm³/mol. The summed E-state index contributed by atoms with van der Waals surface area (Å²) in [7, 11) is 0. The Morgan fingerprint density at radius 1 is 1.22 bits per heavy atom. The minimum absolute atomic E-state index is 0.0346. The van der Waals surface area contributed by atoms with Gasteiger partial charge in [-0.05, 0) is 32.9 Å². The Labute approximate surface area is 156 Å². The zero-order valence-electron chi connectivity index (χ0n) is 15.1. The van der Waals surface area contributed by atoms with E-state index in [9.17, 15) is 4.79 Å². The second kappa shape index (κ2) is 7.32. The molecule has 1 amide bonds. The molecular formula is C19H21N5O3. The lowest BCUT2D eigenvalue weighted by Gasteiger charge is -2.29. The van der Waals surface area contributed by atoms with Crippen LogP contribution >= 0.6 is 0 Å². The summed E-state index contributed by atoms with van der Waals surface area (Å²) in [6.07, 6.45) is 1.53. The molecule has 0 saturated carbocycles. The van der Waals surface area contributed by atoms with Crippen molar-refractivity contribution < 1.29 is 13.7 Å². The van der Waals surface area contributed by atoms with Gasteiger partial charge in [0.05, 0.1) is 6.54 Å². The molecule has 1 aliphatic heterocycles. The van der Waals surface area contributed by atoms with Crippen molar-refractivity contribution in [3.8, 4) is 22.7 Å². The first kappa shape index (κ1) is 17.4. The van der Waals surface area contributed by atoms with Gasteiger partial charge in [0.15, 0.2) is 0 Å². The van der Waals surface area contributed by atoms with Crippen molar-refractivity contribution in [2.45, 2.75) is 26.3 Å². The monoisotopic (exact) mass is 367 g/mol. The largest absolute Gasteiger partial charge is 0.419 e. The molecule has 0 unspecified atom stereocenters. The number of carbonyl (C=O) groups is 1. The van der Waals surface area contributed by atoms with Crippen LogP contribution in [-0.2, 0) is 11.3 Å². The molecule has 8 nitrogen and oxygen atoms in total. The van der Waals surface area contributed by atoms with E-state index in [1.807, 2.05) is 37.3 Å². The van der Waals surface area contributed by atoms with Crippen LogP contribution in [0.15, 0.2) is 39.3 Å². The van der Waals surface area contributed by atoms with E-state index in [2.05, 4.69) is 20.3 Å². The van der Waals surface area contributed by atoms with E-state index in [0.29, 0.717) is 35.3 Å². The second-order valence-corrected chi connectivity index (χ2v) is 6.78. The quantitative estimate of drug-likeness (QED) is 0.737. The van der Waals surface area contributed by atoms with Crippen molar-refractivity contribution in [3.05, 3.63) is 42.0 Å². The lowest BCUT2D eigenvalue weighted by atomic mass is 9.96. The number of nitrogens with zero attached hydrogens (tertiary/aromatic N) is 4. The highest BCUT2D eigenvalue weighted by Crippen LogP contribution is 2.33. The van der Waals surface area contributed by atoms with Gasteiger partial charge in [0.2, 0.25) is 11.8 Å². The highest BCUT2D eigenvalue weighted by atomic mass is 16.5. The van der Waals surface area contributed by atoms with Crippen LogP contribution in [0.5, 0.6) is 0 Å². The molecule has 1 aromatic carbocycles. The molecule has 0 bridgehead atoms. The molecule has 140 valence electrons. The van der Waals surface area contributed by atoms with E-state index < -0.39 is 0 Å². The van der Waals surface area contributed by atoms with Gasteiger partial charge < -0.3 is 14.7 Å². The van der Waals surface area contributed by atoms with Crippen molar-refractivity contribution in [3.63, 3.8) is 0 Å². The summed E-state index contributed by atoms with van der Waals surface area (Å²) in [6.45, 7) is 3.94. The summed E-state index contributed by atoms with van der Waals surface area (Å²) in [5.74, 6) is 1.31. The van der Waals surface area contributed by atoms with Crippen LogP contribution in [-0.4, -0.2) is 39.3 Å². The molecule has 0 aliphatic carbocycles. The molecule has 0 spiro atoms. The smallest absolute Gasteiger partial charge is 0.253 e. The SMILES string of the molecule is Cc1onc(-c2ccccc2)c1-c1nnc(CN2CCC(C(N)=O)CC2)o1. The Bertz CT molecular complexity index is 926. The fourth-order valence-corrected chi connectivity index (χ4v) is 3.40. The molecule has 0 radical (unpaired) electrons. The molecule has 1 saturated heterocycles. The van der Waals surface area contributed by atoms with E-state index in [0.717, 1.165) is 31.5 Å². The Hall–Kier alpha value is -3.00. The number of hydrogen-bond acceptors (Lipinski definition) is 7. The number of likely N-dealkylation sites (tertiary alicyclic amines) is 1. The molecule has 0 atom stereocenters. The van der Waals surface area contributed by atoms with Gasteiger partial charge in [-0.3, -0.25) is 9.69 Å². The van der Waals surface area contributed by atoms with Gasteiger partial charge in [0, 0.05) is 11.5 Å². The zero-order valence-corrected chi connectivity index (χ0v) is 15.1. The van der Waals surface area contributed by atoms with Gasteiger partial charge in [0.1, 0.15) is 17.0 Å². The Kier molecular flexibility index (Phi) is 4.72. The van der Waals surface area contributed by atoms with E-state index in [1.54, 1.807) is 0 Å². The summed E-state index contributed by atoms with van der Waals surface area (Å²) < 4.78 is 11.3. The minimum atomic E-state index is -0.217. The fraction of sp³-hybridized carbons (Fsp3) is 0.368. The van der Waals surface area contributed by atoms with Crippen LogP contribution in [0.1, 0.15) is 24.5 Å². The summed E-state index contributed by atoms with van der Waals surface area (Å²) in [4.78, 5) is 13.5. The van der Waals surface area contributed by atoms with Crippen molar-refractivity contribution >= 4 is 5.91 Å². The van der Waals surface area contributed by atoms with E-state index >= 15 is 0 Å². The Morgan fingerprint density at radius 2 is 1.96 bits per heavy atom. The normalized spacial score (nSPS) is 15.9. The van der Waals surface area contributed by atoms with E-state index in [-0.39, 0.29) is 11.8 Å². The second-order valence-electron chi connectivity index (χ2n) is 6.78. The van der Waals surface area contributed by atoms with Gasteiger partial charge in [-0.1, -0.05) is 35.5 Å². The third kappa shape index (κ3) is 3.61. The summed E-state index contributed by atoms with van der Waals surface area (Å²) in [5, 5.41) is 12.5. The molecule has 1 fully saturated rings. The molecule has 3 aromatic rings. The summed E-state index contributed by atoms with van der Waals surface area (Å²) in [5.41, 5.74) is 7.72. The summed E-state index contributed by atoms with van der Waals surface area (Å²) in [6, 6.07) is 9.75. The lowest BCUT2D eigenvalue weighted by molar-refractivity contribution is -0.123. The maximum absolute atomic E-state index is 11.3. The predicted octanol–water partition coefficient (Wildman–Crippen LogP) is 2.40. The number of nitrogens with two attached hydrogens (primary N) is 1. The van der Waals surface area contributed by atoms with Gasteiger partial charge in [-0.2, -0.15) is 0 Å². The number of rotatable bonds is 5. The van der Waals surface area contributed by atoms with Crippen LogP contribution in [0.2, 0.25) is 0 Å². The first-order chi connectivity index (χ1) is 13.1. The van der Waals surface area contributed by atoms with Gasteiger partial charge in [-0.15, -0.1) is 10.2 Å². The summed E-state index contributed by atoms with van der Waals surface area (Å²) >= 11 is 0. The molecule has 1 aliphatic rings. The van der Waals surface area contributed by atoms with E-state index in [4.69, 9.17) is 14.7 Å². The topological polar surface area (TPSA) is 111 Å². The number of hydrogen-bond donors (Lipinski definition) is 1. The average Bonchev–Trinajstić information content (AvgIpc) is 3.29. The van der Waals surface area contributed by atoms with Crippen LogP contribution in [0, 0.1) is 12.8 Å². The molecule has 2 N–H and O–H groups in total. The first-order valence-corrected chi connectivity index (χ1v) is 8.98. The van der Waals surface area contributed by atoms with Crippen molar-refractivity contribution in [1.82, 2.24) is 20.3 Å². The van der Waals surface area contributed by atoms with Crippen molar-refractivity contribution in [1.29, 1.82) is 0 Å². The number of carbonyl (C=O) groups excluding carboxylic acids is 1. The molecule has 8 heteroatoms. The maximum atomic E-state index is 11.3. The highest BCUT2D eigenvalue weighted by Gasteiger charge is 2.25. The van der Waals surface area contributed by atoms with Crippen molar-refractivity contribution in [2.24, 2.45) is 11.7 Å². The molecule has 27 heavy (non-hydrogen) atoms. The van der Waals surface area contributed by atoms with Crippen LogP contribution in [0.25, 0.3) is 22.7 Å². The van der Waals surface area contributed by atoms with Gasteiger partial charge in [0.25, 0.3) is 5.89 Å². The molecule has 3 heterocycles.